The van der Waals surface area contributed by atoms with Crippen molar-refractivity contribution in [2.45, 2.75) is 44.6 Å². The van der Waals surface area contributed by atoms with Crippen LogP contribution in [0.15, 0.2) is 18.2 Å². The van der Waals surface area contributed by atoms with Crippen molar-refractivity contribution in [3.63, 3.8) is 0 Å². The molecule has 2 heterocycles. The van der Waals surface area contributed by atoms with Crippen LogP contribution in [0.3, 0.4) is 0 Å². The van der Waals surface area contributed by atoms with E-state index in [-0.39, 0.29) is 18.7 Å². The van der Waals surface area contributed by atoms with E-state index in [0.29, 0.717) is 19.4 Å². The lowest BCUT2D eigenvalue weighted by Crippen LogP contribution is -2.68. The maximum Gasteiger partial charge on any atom is 0.410 e. The topological polar surface area (TPSA) is 49.8 Å². The van der Waals surface area contributed by atoms with E-state index in [2.05, 4.69) is 0 Å². The number of fused-ring (bicyclic) bond motifs is 2. The normalized spacial score (nSPS) is 29.2. The first kappa shape index (κ1) is 17.1. The molecular formula is C18H23F2NO3. The quantitative estimate of drug-likeness (QED) is 0.900. The van der Waals surface area contributed by atoms with Crippen LogP contribution in [0.4, 0.5) is 13.6 Å². The molecule has 0 aromatic heterocycles. The second-order valence-electron chi connectivity index (χ2n) is 8.23. The summed E-state index contributed by atoms with van der Waals surface area (Å²) < 4.78 is 34.0. The lowest BCUT2D eigenvalue weighted by Gasteiger charge is -2.63. The Balaban J connectivity index is 1.92. The van der Waals surface area contributed by atoms with Crippen LogP contribution < -0.4 is 0 Å². The van der Waals surface area contributed by atoms with Gasteiger partial charge < -0.3 is 14.7 Å². The third-order valence-corrected chi connectivity index (χ3v) is 4.93. The highest BCUT2D eigenvalue weighted by Gasteiger charge is 2.62. The van der Waals surface area contributed by atoms with E-state index in [0.717, 1.165) is 0 Å². The van der Waals surface area contributed by atoms with E-state index in [1.807, 2.05) is 0 Å². The van der Waals surface area contributed by atoms with Gasteiger partial charge in [-0.2, -0.15) is 0 Å². The summed E-state index contributed by atoms with van der Waals surface area (Å²) in [4.78, 5) is 13.9. The van der Waals surface area contributed by atoms with Crippen molar-refractivity contribution >= 4 is 6.09 Å². The number of rotatable bonds is 2. The van der Waals surface area contributed by atoms with E-state index in [1.54, 1.807) is 20.8 Å². The van der Waals surface area contributed by atoms with Crippen LogP contribution in [0.5, 0.6) is 0 Å². The fourth-order valence-electron chi connectivity index (χ4n) is 4.31. The van der Waals surface area contributed by atoms with Gasteiger partial charge in [-0.1, -0.05) is 6.07 Å². The van der Waals surface area contributed by atoms with Crippen molar-refractivity contribution in [1.29, 1.82) is 0 Å². The zero-order valence-corrected chi connectivity index (χ0v) is 14.2. The lowest BCUT2D eigenvalue weighted by molar-refractivity contribution is -0.114. The van der Waals surface area contributed by atoms with Crippen LogP contribution in [0.2, 0.25) is 0 Å². The summed E-state index contributed by atoms with van der Waals surface area (Å²) in [5.41, 5.74) is -1.94. The molecule has 1 aromatic rings. The molecule has 132 valence electrons. The van der Waals surface area contributed by atoms with Crippen molar-refractivity contribution in [2.75, 3.05) is 19.7 Å². The summed E-state index contributed by atoms with van der Waals surface area (Å²) in [6.07, 6.45) is 0.419. The molecule has 1 aliphatic carbocycles. The molecule has 24 heavy (non-hydrogen) atoms. The number of hydrogen-bond donors (Lipinski definition) is 1. The molecule has 2 bridgehead atoms. The van der Waals surface area contributed by atoms with Crippen molar-refractivity contribution in [3.8, 4) is 0 Å². The second kappa shape index (κ2) is 5.41. The first-order valence-electron chi connectivity index (χ1n) is 8.13. The van der Waals surface area contributed by atoms with E-state index in [9.17, 15) is 18.7 Å². The van der Waals surface area contributed by atoms with Gasteiger partial charge in [-0.15, -0.1) is 0 Å². The second-order valence-corrected chi connectivity index (χ2v) is 8.23. The van der Waals surface area contributed by atoms with Gasteiger partial charge in [0.2, 0.25) is 0 Å². The molecule has 1 saturated carbocycles. The predicted molar refractivity (Wildman–Crippen MR) is 84.6 cm³/mol. The minimum Gasteiger partial charge on any atom is -0.444 e. The first-order valence-corrected chi connectivity index (χ1v) is 8.13. The molecule has 3 fully saturated rings. The number of carbonyl (C=O) groups excluding carboxylic acids is 1. The summed E-state index contributed by atoms with van der Waals surface area (Å²) in [6, 6.07) is 3.80. The van der Waals surface area contributed by atoms with Gasteiger partial charge in [0.15, 0.2) is 0 Å². The number of benzene rings is 1. The zero-order chi connectivity index (χ0) is 17.8. The molecular weight excluding hydrogens is 316 g/mol. The third kappa shape index (κ3) is 2.77. The Labute approximate surface area is 140 Å². The molecule has 0 unspecified atom stereocenters. The molecule has 1 N–H and O–H groups in total. The number of carbonyl (C=O) groups is 1. The summed E-state index contributed by atoms with van der Waals surface area (Å²) >= 11 is 0. The summed E-state index contributed by atoms with van der Waals surface area (Å²) in [7, 11) is 0. The SMILES string of the molecule is CC(C)(C)OC(=O)N1CC2(CO)CC(c3c(F)cccc3F)(C1)C2. The van der Waals surface area contributed by atoms with Crippen molar-refractivity contribution in [3.05, 3.63) is 35.4 Å². The molecule has 4 rings (SSSR count). The molecule has 1 aromatic carbocycles. The lowest BCUT2D eigenvalue weighted by atomic mass is 9.47. The van der Waals surface area contributed by atoms with E-state index in [1.165, 1.54) is 23.1 Å². The maximum absolute atomic E-state index is 14.3. The van der Waals surface area contributed by atoms with Crippen LogP contribution in [0.1, 0.15) is 39.2 Å². The van der Waals surface area contributed by atoms with Crippen LogP contribution in [0, 0.1) is 17.0 Å². The van der Waals surface area contributed by atoms with Gasteiger partial charge in [0.05, 0.1) is 6.61 Å². The summed E-state index contributed by atoms with van der Waals surface area (Å²) in [5.74, 6) is -1.21. The van der Waals surface area contributed by atoms with Gasteiger partial charge in [0.1, 0.15) is 17.2 Å². The summed E-state index contributed by atoms with van der Waals surface area (Å²) in [6.45, 7) is 5.72. The van der Waals surface area contributed by atoms with Crippen LogP contribution in [-0.2, 0) is 10.2 Å². The van der Waals surface area contributed by atoms with Crippen molar-refractivity contribution in [1.82, 2.24) is 4.90 Å². The predicted octanol–water partition coefficient (Wildman–Crippen LogP) is 3.23. The third-order valence-electron chi connectivity index (χ3n) is 4.93. The minimum absolute atomic E-state index is 0.0160. The number of amides is 1. The molecule has 0 radical (unpaired) electrons. The van der Waals surface area contributed by atoms with Crippen LogP contribution >= 0.6 is 0 Å². The van der Waals surface area contributed by atoms with Crippen LogP contribution in [0.25, 0.3) is 0 Å². The average molecular weight is 339 g/mol. The van der Waals surface area contributed by atoms with Crippen molar-refractivity contribution in [2.24, 2.45) is 5.41 Å². The maximum atomic E-state index is 14.3. The highest BCUT2D eigenvalue weighted by Crippen LogP contribution is 2.60. The number of aliphatic hydroxyl groups excluding tert-OH is 1. The van der Waals surface area contributed by atoms with E-state index >= 15 is 0 Å². The summed E-state index contributed by atoms with van der Waals surface area (Å²) in [5, 5.41) is 9.75. The van der Waals surface area contributed by atoms with E-state index < -0.39 is 34.2 Å². The van der Waals surface area contributed by atoms with Gasteiger partial charge in [-0.05, 0) is 45.7 Å². The molecule has 2 saturated heterocycles. The Morgan fingerprint density at radius 3 is 2.33 bits per heavy atom. The zero-order valence-electron chi connectivity index (χ0n) is 14.2. The van der Waals surface area contributed by atoms with E-state index in [4.69, 9.17) is 4.74 Å². The minimum atomic E-state index is -0.798. The molecule has 6 heteroatoms. The fraction of sp³-hybridized carbons (Fsp3) is 0.611. The number of ether oxygens (including phenoxy) is 1. The molecule has 0 spiro atoms. The largest absolute Gasteiger partial charge is 0.444 e. The number of hydrogen-bond acceptors (Lipinski definition) is 3. The smallest absolute Gasteiger partial charge is 0.410 e. The average Bonchev–Trinajstić information content (AvgIpc) is 2.44. The number of halogens is 2. The molecule has 4 nitrogen and oxygen atoms in total. The number of nitrogens with zero attached hydrogens (tertiary/aromatic N) is 1. The fourth-order valence-corrected chi connectivity index (χ4v) is 4.31. The van der Waals surface area contributed by atoms with Gasteiger partial charge in [0.25, 0.3) is 0 Å². The Morgan fingerprint density at radius 2 is 1.83 bits per heavy atom. The van der Waals surface area contributed by atoms with Crippen LogP contribution in [-0.4, -0.2) is 41.4 Å². The van der Waals surface area contributed by atoms with Gasteiger partial charge in [0, 0.05) is 29.5 Å². The first-order chi connectivity index (χ1) is 11.1. The Hall–Kier alpha value is -1.69. The van der Waals surface area contributed by atoms with Crippen molar-refractivity contribution < 1.29 is 23.4 Å². The number of aliphatic hydroxyl groups is 1. The monoisotopic (exact) mass is 339 g/mol. The number of piperidine rings is 2. The molecule has 0 atom stereocenters. The Kier molecular flexibility index (Phi) is 3.86. The molecule has 2 aliphatic heterocycles. The van der Waals surface area contributed by atoms with Gasteiger partial charge >= 0.3 is 6.09 Å². The Bertz CT molecular complexity index is 642. The Morgan fingerprint density at radius 1 is 1.25 bits per heavy atom. The van der Waals surface area contributed by atoms with Gasteiger partial charge in [-0.3, -0.25) is 0 Å². The van der Waals surface area contributed by atoms with Gasteiger partial charge in [-0.25, -0.2) is 13.6 Å². The highest BCUT2D eigenvalue weighted by molar-refractivity contribution is 5.69. The molecule has 3 aliphatic rings. The molecule has 1 amide bonds. The standard InChI is InChI=1S/C18H23F2NO3/c1-16(2,3)24-15(23)21-9-17(11-22)7-18(8-17,10-21)14-12(19)5-4-6-13(14)20/h4-6,22H,7-11H2,1-3H3. The highest BCUT2D eigenvalue weighted by atomic mass is 19.1.